The molecule has 2 aromatic rings. The van der Waals surface area contributed by atoms with Crippen molar-refractivity contribution in [3.05, 3.63) is 71.8 Å². The second-order valence-electron chi connectivity index (χ2n) is 4.32. The molecule has 2 N–H and O–H groups in total. The Labute approximate surface area is 128 Å². The Balaban J connectivity index is 1.95. The Morgan fingerprint density at radius 1 is 1.14 bits per heavy atom. The van der Waals surface area contributed by atoms with Gasteiger partial charge in [0.1, 0.15) is 12.9 Å². The summed E-state index contributed by atoms with van der Waals surface area (Å²) in [5.74, 6) is -0.469. The Bertz CT molecular complexity index is 667. The van der Waals surface area contributed by atoms with E-state index in [9.17, 15) is 4.79 Å². The Morgan fingerprint density at radius 2 is 1.86 bits per heavy atom. The van der Waals surface area contributed by atoms with E-state index in [-0.39, 0.29) is 6.61 Å². The second kappa shape index (κ2) is 8.39. The zero-order valence-electron chi connectivity index (χ0n) is 11.8. The first-order chi connectivity index (χ1) is 10.8. The standard InChI is InChI=1S/C17H16N2O3/c20-17(15-10-4-5-11-16(15)18-13-19-21)22-12-6-9-14-7-2-1-3-8-14/h1-11,13,21H,12H2,(H,18,19)/b9-6+. The highest BCUT2D eigenvalue weighted by Gasteiger charge is 2.10. The predicted octanol–water partition coefficient (Wildman–Crippen LogP) is 3.20. The lowest BCUT2D eigenvalue weighted by atomic mass is 10.2. The van der Waals surface area contributed by atoms with Crippen LogP contribution < -0.4 is 5.48 Å². The summed E-state index contributed by atoms with van der Waals surface area (Å²) in [5.41, 5.74) is 3.59. The molecule has 0 aliphatic heterocycles. The third-order valence-corrected chi connectivity index (χ3v) is 2.81. The molecule has 0 atom stereocenters. The van der Waals surface area contributed by atoms with Crippen LogP contribution in [0.3, 0.4) is 0 Å². The van der Waals surface area contributed by atoms with Crippen LogP contribution in [-0.2, 0) is 4.74 Å². The highest BCUT2D eigenvalue weighted by atomic mass is 16.5. The van der Waals surface area contributed by atoms with Gasteiger partial charge < -0.3 is 4.74 Å². The van der Waals surface area contributed by atoms with Crippen molar-refractivity contribution in [2.75, 3.05) is 6.61 Å². The van der Waals surface area contributed by atoms with Crippen molar-refractivity contribution in [1.29, 1.82) is 0 Å². The van der Waals surface area contributed by atoms with Crippen LogP contribution >= 0.6 is 0 Å². The molecule has 0 saturated carbocycles. The Kier molecular flexibility index (Phi) is 5.90. The summed E-state index contributed by atoms with van der Waals surface area (Å²) in [6, 6.07) is 16.5. The fourth-order valence-corrected chi connectivity index (χ4v) is 1.81. The van der Waals surface area contributed by atoms with E-state index in [1.807, 2.05) is 36.4 Å². The van der Waals surface area contributed by atoms with Crippen LogP contribution in [0.4, 0.5) is 5.69 Å². The molecule has 0 fully saturated rings. The molecule has 0 amide bonds. The fraction of sp³-hybridized carbons (Fsp3) is 0.0588. The van der Waals surface area contributed by atoms with Gasteiger partial charge in [-0.15, -0.1) is 0 Å². The van der Waals surface area contributed by atoms with Gasteiger partial charge in [-0.25, -0.2) is 9.79 Å². The maximum atomic E-state index is 12.0. The van der Waals surface area contributed by atoms with Crippen molar-refractivity contribution in [1.82, 2.24) is 5.48 Å². The highest BCUT2D eigenvalue weighted by Crippen LogP contribution is 2.19. The number of aliphatic imine (C=N–C) groups is 1. The summed E-state index contributed by atoms with van der Waals surface area (Å²) >= 11 is 0. The van der Waals surface area contributed by atoms with Crippen molar-refractivity contribution in [2.45, 2.75) is 0 Å². The number of para-hydroxylation sites is 1. The smallest absolute Gasteiger partial charge is 0.340 e. The van der Waals surface area contributed by atoms with Gasteiger partial charge in [0.25, 0.3) is 0 Å². The largest absolute Gasteiger partial charge is 0.458 e. The number of carbonyl (C=O) groups excluding carboxylic acids is 1. The first-order valence-corrected chi connectivity index (χ1v) is 6.71. The van der Waals surface area contributed by atoms with Crippen LogP contribution in [0.2, 0.25) is 0 Å². The van der Waals surface area contributed by atoms with Crippen LogP contribution in [0.1, 0.15) is 15.9 Å². The predicted molar refractivity (Wildman–Crippen MR) is 85.3 cm³/mol. The normalized spacial score (nSPS) is 11.0. The van der Waals surface area contributed by atoms with Gasteiger partial charge in [-0.1, -0.05) is 48.5 Å². The van der Waals surface area contributed by atoms with E-state index < -0.39 is 5.97 Å². The number of carbonyl (C=O) groups is 1. The number of nitrogens with one attached hydrogen (secondary N) is 1. The van der Waals surface area contributed by atoms with Crippen molar-refractivity contribution in [3.8, 4) is 0 Å². The number of rotatable bonds is 6. The first-order valence-electron chi connectivity index (χ1n) is 6.71. The second-order valence-corrected chi connectivity index (χ2v) is 4.32. The molecule has 0 aliphatic rings. The molecule has 0 unspecified atom stereocenters. The number of hydrogen-bond acceptors (Lipinski definition) is 4. The van der Waals surface area contributed by atoms with Crippen LogP contribution in [-0.4, -0.2) is 24.1 Å². The summed E-state index contributed by atoms with van der Waals surface area (Å²) in [6.45, 7) is 0.171. The molecule has 2 rings (SSSR count). The average Bonchev–Trinajstić information content (AvgIpc) is 2.58. The summed E-state index contributed by atoms with van der Waals surface area (Å²) in [5, 5.41) is 8.51. The van der Waals surface area contributed by atoms with E-state index in [1.54, 1.807) is 35.8 Å². The molecule has 5 nitrogen and oxygen atoms in total. The Morgan fingerprint density at radius 3 is 2.64 bits per heavy atom. The molecule has 0 bridgehead atoms. The maximum Gasteiger partial charge on any atom is 0.340 e. The van der Waals surface area contributed by atoms with Gasteiger partial charge >= 0.3 is 5.97 Å². The van der Waals surface area contributed by atoms with Crippen molar-refractivity contribution in [3.63, 3.8) is 0 Å². The third-order valence-electron chi connectivity index (χ3n) is 2.81. The van der Waals surface area contributed by atoms with Crippen molar-refractivity contribution in [2.24, 2.45) is 4.99 Å². The molecule has 112 valence electrons. The maximum absolute atomic E-state index is 12.0. The summed E-state index contributed by atoms with van der Waals surface area (Å²) < 4.78 is 5.19. The summed E-state index contributed by atoms with van der Waals surface area (Å²) in [7, 11) is 0. The minimum atomic E-state index is -0.469. The van der Waals surface area contributed by atoms with E-state index in [2.05, 4.69) is 4.99 Å². The lowest BCUT2D eigenvalue weighted by Gasteiger charge is -2.04. The quantitative estimate of drug-likeness (QED) is 0.372. The van der Waals surface area contributed by atoms with Crippen LogP contribution in [0, 0.1) is 0 Å². The molecule has 0 spiro atoms. The molecular weight excluding hydrogens is 280 g/mol. The molecule has 2 aromatic carbocycles. The average molecular weight is 296 g/mol. The molecular formula is C17H16N2O3. The monoisotopic (exact) mass is 296 g/mol. The third kappa shape index (κ3) is 4.57. The molecule has 5 heteroatoms. The minimum absolute atomic E-state index is 0.171. The molecule has 0 aromatic heterocycles. The summed E-state index contributed by atoms with van der Waals surface area (Å²) in [4.78, 5) is 15.9. The molecule has 22 heavy (non-hydrogen) atoms. The molecule has 0 aliphatic carbocycles. The first kappa shape index (κ1) is 15.5. The van der Waals surface area contributed by atoms with Gasteiger partial charge in [0, 0.05) is 0 Å². The van der Waals surface area contributed by atoms with E-state index in [0.717, 1.165) is 11.9 Å². The SMILES string of the molecule is O=C(OC/C=C/c1ccccc1)c1ccccc1N=CNO. The zero-order chi connectivity index (χ0) is 15.6. The van der Waals surface area contributed by atoms with Gasteiger partial charge in [-0.3, -0.25) is 10.7 Å². The number of nitrogens with zero attached hydrogens (tertiary/aromatic N) is 1. The van der Waals surface area contributed by atoms with E-state index in [1.165, 1.54) is 0 Å². The van der Waals surface area contributed by atoms with E-state index in [4.69, 9.17) is 9.94 Å². The molecule has 0 radical (unpaired) electrons. The van der Waals surface area contributed by atoms with Gasteiger partial charge in [0.05, 0.1) is 11.3 Å². The van der Waals surface area contributed by atoms with Crippen molar-refractivity contribution >= 4 is 24.1 Å². The lowest BCUT2D eigenvalue weighted by Crippen LogP contribution is -2.06. The van der Waals surface area contributed by atoms with Crippen molar-refractivity contribution < 1.29 is 14.7 Å². The molecule has 0 heterocycles. The number of hydroxylamine groups is 1. The van der Waals surface area contributed by atoms with Crippen LogP contribution in [0.25, 0.3) is 6.08 Å². The van der Waals surface area contributed by atoms with Gasteiger partial charge in [-0.05, 0) is 23.8 Å². The van der Waals surface area contributed by atoms with Gasteiger partial charge in [0.2, 0.25) is 0 Å². The Hall–Kier alpha value is -2.92. The summed E-state index contributed by atoms with van der Waals surface area (Å²) in [6.07, 6.45) is 4.74. The van der Waals surface area contributed by atoms with E-state index >= 15 is 0 Å². The lowest BCUT2D eigenvalue weighted by molar-refractivity contribution is 0.0551. The van der Waals surface area contributed by atoms with Gasteiger partial charge in [0.15, 0.2) is 0 Å². The number of ether oxygens (including phenoxy) is 1. The van der Waals surface area contributed by atoms with Crippen LogP contribution in [0.15, 0.2) is 65.7 Å². The number of benzene rings is 2. The number of hydrogen-bond donors (Lipinski definition) is 2. The zero-order valence-corrected chi connectivity index (χ0v) is 11.8. The minimum Gasteiger partial charge on any atom is -0.458 e. The highest BCUT2D eigenvalue weighted by molar-refractivity contribution is 5.95. The van der Waals surface area contributed by atoms with E-state index in [0.29, 0.717) is 11.3 Å². The fourth-order valence-electron chi connectivity index (χ4n) is 1.81. The van der Waals surface area contributed by atoms with Gasteiger partial charge in [-0.2, -0.15) is 0 Å². The number of esters is 1. The molecule has 0 saturated heterocycles. The topological polar surface area (TPSA) is 70.9 Å². The van der Waals surface area contributed by atoms with Crippen LogP contribution in [0.5, 0.6) is 0 Å².